The molecule has 7 nitrogen and oxygen atoms in total. The number of fused-ring (bicyclic) bond motifs is 2. The van der Waals surface area contributed by atoms with Crippen molar-refractivity contribution in [2.24, 2.45) is 0 Å². The molecule has 162 valence electrons. The van der Waals surface area contributed by atoms with Gasteiger partial charge in [-0.15, -0.1) is 0 Å². The molecule has 0 spiro atoms. The number of nitrogens with zero attached hydrogens (tertiary/aromatic N) is 1. The molecule has 3 aromatic carbocycles. The largest absolute Gasteiger partial charge is 0.490 e. The quantitative estimate of drug-likeness (QED) is 0.423. The van der Waals surface area contributed by atoms with Gasteiger partial charge in [-0.05, 0) is 24.3 Å². The molecule has 0 bridgehead atoms. The van der Waals surface area contributed by atoms with Crippen LogP contribution in [-0.4, -0.2) is 45.5 Å². The summed E-state index contributed by atoms with van der Waals surface area (Å²) in [6, 6.07) is 14.8. The average molecular weight is 462 g/mol. The highest BCUT2D eigenvalue weighted by molar-refractivity contribution is 7.89. The molecular formula is C22H20ClNO6S. The van der Waals surface area contributed by atoms with Gasteiger partial charge in [0, 0.05) is 35.3 Å². The summed E-state index contributed by atoms with van der Waals surface area (Å²) in [6.07, 6.45) is 0.710. The van der Waals surface area contributed by atoms with E-state index < -0.39 is 22.5 Å². The van der Waals surface area contributed by atoms with Crippen molar-refractivity contribution >= 4 is 38.4 Å². The highest BCUT2D eigenvalue weighted by atomic mass is 35.5. The van der Waals surface area contributed by atoms with Crippen molar-refractivity contribution in [1.82, 2.24) is 4.31 Å². The van der Waals surface area contributed by atoms with Gasteiger partial charge in [-0.2, -0.15) is 4.31 Å². The van der Waals surface area contributed by atoms with Crippen LogP contribution in [0.2, 0.25) is 5.02 Å². The Morgan fingerprint density at radius 2 is 1.74 bits per heavy atom. The molecule has 1 aliphatic rings. The van der Waals surface area contributed by atoms with Crippen molar-refractivity contribution < 1.29 is 27.4 Å². The molecule has 3 aromatic rings. The third kappa shape index (κ3) is 4.46. The zero-order chi connectivity index (χ0) is 22.0. The van der Waals surface area contributed by atoms with Crippen molar-refractivity contribution in [2.45, 2.75) is 11.3 Å². The number of esters is 1. The first-order chi connectivity index (χ1) is 14.9. The standard InChI is InChI=1S/C22H20ClNO6S/c1-24(31(26,27)15-7-9-20-21(13-15)29-12-4-11-28-20)14-22(25)30-19-10-8-18(23)16-5-2-3-6-17(16)19/h2-3,5-10,13H,4,11-12,14H2,1H3. The molecule has 1 aliphatic heterocycles. The smallest absolute Gasteiger partial charge is 0.326 e. The van der Waals surface area contributed by atoms with E-state index >= 15 is 0 Å². The van der Waals surface area contributed by atoms with E-state index in [-0.39, 0.29) is 4.90 Å². The van der Waals surface area contributed by atoms with E-state index in [2.05, 4.69) is 0 Å². The molecule has 0 aliphatic carbocycles. The number of likely N-dealkylation sites (N-methyl/N-ethyl adjacent to an activating group) is 1. The molecule has 4 rings (SSSR count). The third-order valence-electron chi connectivity index (χ3n) is 4.83. The van der Waals surface area contributed by atoms with Gasteiger partial charge in [0.05, 0.1) is 18.1 Å². The Hall–Kier alpha value is -2.81. The van der Waals surface area contributed by atoms with Crippen LogP contribution in [0.25, 0.3) is 10.8 Å². The summed E-state index contributed by atoms with van der Waals surface area (Å²) in [5.41, 5.74) is 0. The second-order valence-electron chi connectivity index (χ2n) is 6.99. The molecule has 31 heavy (non-hydrogen) atoms. The number of ether oxygens (including phenoxy) is 3. The van der Waals surface area contributed by atoms with Crippen molar-refractivity contribution in [3.8, 4) is 17.2 Å². The average Bonchev–Trinajstić information content (AvgIpc) is 3.00. The lowest BCUT2D eigenvalue weighted by Crippen LogP contribution is -2.34. The summed E-state index contributed by atoms with van der Waals surface area (Å²) in [4.78, 5) is 12.5. The van der Waals surface area contributed by atoms with Gasteiger partial charge in [0.25, 0.3) is 0 Å². The topological polar surface area (TPSA) is 82.1 Å². The van der Waals surface area contributed by atoms with Crippen LogP contribution in [-0.2, 0) is 14.8 Å². The molecule has 0 unspecified atom stereocenters. The number of carbonyl (C=O) groups excluding carboxylic acids is 1. The molecule has 0 atom stereocenters. The lowest BCUT2D eigenvalue weighted by Gasteiger charge is -2.18. The Morgan fingerprint density at radius 3 is 2.52 bits per heavy atom. The van der Waals surface area contributed by atoms with E-state index in [4.69, 9.17) is 25.8 Å². The van der Waals surface area contributed by atoms with E-state index in [0.29, 0.717) is 47.3 Å². The Labute approximate surface area is 185 Å². The SMILES string of the molecule is CN(CC(=O)Oc1ccc(Cl)c2ccccc12)S(=O)(=O)c1ccc2c(c1)OCCCO2. The van der Waals surface area contributed by atoms with E-state index in [1.165, 1.54) is 19.2 Å². The molecule has 9 heteroatoms. The van der Waals surface area contributed by atoms with Crippen LogP contribution in [0, 0.1) is 0 Å². The molecule has 0 radical (unpaired) electrons. The van der Waals surface area contributed by atoms with Gasteiger partial charge in [-0.3, -0.25) is 4.79 Å². The molecule has 0 fully saturated rings. The van der Waals surface area contributed by atoms with E-state index in [0.717, 1.165) is 9.69 Å². The number of benzene rings is 3. The molecule has 0 saturated heterocycles. The first-order valence-electron chi connectivity index (χ1n) is 9.60. The van der Waals surface area contributed by atoms with Crippen LogP contribution in [0.5, 0.6) is 17.2 Å². The summed E-state index contributed by atoms with van der Waals surface area (Å²) in [5.74, 6) is 0.453. The molecule has 1 heterocycles. The van der Waals surface area contributed by atoms with E-state index in [1.54, 1.807) is 30.3 Å². The van der Waals surface area contributed by atoms with Gasteiger partial charge in [-0.1, -0.05) is 35.9 Å². The lowest BCUT2D eigenvalue weighted by molar-refractivity contribution is -0.134. The summed E-state index contributed by atoms with van der Waals surface area (Å²) in [6.45, 7) is 0.478. The predicted molar refractivity (Wildman–Crippen MR) is 116 cm³/mol. The number of hydrogen-bond acceptors (Lipinski definition) is 6. The van der Waals surface area contributed by atoms with Gasteiger partial charge in [-0.25, -0.2) is 8.42 Å². The third-order valence-corrected chi connectivity index (χ3v) is 6.96. The maximum atomic E-state index is 13.0. The van der Waals surface area contributed by atoms with Gasteiger partial charge in [0.1, 0.15) is 12.3 Å². The maximum absolute atomic E-state index is 13.0. The number of rotatable bonds is 5. The minimum Gasteiger partial charge on any atom is -0.490 e. The zero-order valence-corrected chi connectivity index (χ0v) is 18.3. The Kier molecular flexibility index (Phi) is 6.04. The minimum absolute atomic E-state index is 0.00370. The van der Waals surface area contributed by atoms with Crippen molar-refractivity contribution in [1.29, 1.82) is 0 Å². The second-order valence-corrected chi connectivity index (χ2v) is 9.44. The van der Waals surface area contributed by atoms with Crippen LogP contribution in [0.4, 0.5) is 0 Å². The van der Waals surface area contributed by atoms with Crippen molar-refractivity contribution in [3.63, 3.8) is 0 Å². The normalized spacial score (nSPS) is 13.8. The van der Waals surface area contributed by atoms with Gasteiger partial charge < -0.3 is 14.2 Å². The Balaban J connectivity index is 1.51. The fraction of sp³-hybridized carbons (Fsp3) is 0.227. The van der Waals surface area contributed by atoms with E-state index in [1.807, 2.05) is 12.1 Å². The van der Waals surface area contributed by atoms with Crippen LogP contribution in [0.15, 0.2) is 59.5 Å². The van der Waals surface area contributed by atoms with Crippen LogP contribution in [0.1, 0.15) is 6.42 Å². The molecule has 0 aromatic heterocycles. The molecule has 0 amide bonds. The zero-order valence-electron chi connectivity index (χ0n) is 16.7. The van der Waals surface area contributed by atoms with Gasteiger partial charge in [0.15, 0.2) is 11.5 Å². The monoisotopic (exact) mass is 461 g/mol. The maximum Gasteiger partial charge on any atom is 0.326 e. The van der Waals surface area contributed by atoms with Gasteiger partial charge in [0.2, 0.25) is 10.0 Å². The van der Waals surface area contributed by atoms with Crippen LogP contribution in [0.3, 0.4) is 0 Å². The minimum atomic E-state index is -3.95. The summed E-state index contributed by atoms with van der Waals surface area (Å²) >= 11 is 6.19. The number of halogens is 1. The molecular weight excluding hydrogens is 442 g/mol. The van der Waals surface area contributed by atoms with Crippen molar-refractivity contribution in [3.05, 3.63) is 59.6 Å². The molecule has 0 N–H and O–H groups in total. The lowest BCUT2D eigenvalue weighted by atomic mass is 10.1. The number of sulfonamides is 1. The van der Waals surface area contributed by atoms with E-state index in [9.17, 15) is 13.2 Å². The highest BCUT2D eigenvalue weighted by Gasteiger charge is 2.26. The predicted octanol–water partition coefficient (Wildman–Crippen LogP) is 3.88. The van der Waals surface area contributed by atoms with Crippen LogP contribution < -0.4 is 14.2 Å². The van der Waals surface area contributed by atoms with Crippen molar-refractivity contribution in [2.75, 3.05) is 26.8 Å². The molecule has 0 saturated carbocycles. The number of carbonyl (C=O) groups is 1. The second kappa shape index (κ2) is 8.74. The Bertz CT molecular complexity index is 1240. The summed E-state index contributed by atoms with van der Waals surface area (Å²) < 4.78 is 43.4. The summed E-state index contributed by atoms with van der Waals surface area (Å²) in [5, 5.41) is 1.93. The summed E-state index contributed by atoms with van der Waals surface area (Å²) in [7, 11) is -2.63. The fourth-order valence-corrected chi connectivity index (χ4v) is 4.59. The highest BCUT2D eigenvalue weighted by Crippen LogP contribution is 2.33. The first kappa shape index (κ1) is 21.4. The number of hydrogen-bond donors (Lipinski definition) is 0. The fourth-order valence-electron chi connectivity index (χ4n) is 3.23. The van der Waals surface area contributed by atoms with Gasteiger partial charge >= 0.3 is 5.97 Å². The Morgan fingerprint density at radius 1 is 1.03 bits per heavy atom. The first-order valence-corrected chi connectivity index (χ1v) is 11.4. The van der Waals surface area contributed by atoms with Crippen LogP contribution >= 0.6 is 11.6 Å².